The quantitative estimate of drug-likeness (QED) is 0.621. The highest BCUT2D eigenvalue weighted by Crippen LogP contribution is 2.40. The van der Waals surface area contributed by atoms with Crippen LogP contribution in [0.4, 0.5) is 0 Å². The fraction of sp³-hybridized carbons (Fsp3) is 1.00. The zero-order valence-electron chi connectivity index (χ0n) is 14.1. The van der Waals surface area contributed by atoms with E-state index in [1.54, 1.807) is 0 Å². The molecule has 0 heterocycles. The van der Waals surface area contributed by atoms with E-state index in [1.165, 1.54) is 57.9 Å². The Morgan fingerprint density at radius 1 is 1.11 bits per heavy atom. The zero-order chi connectivity index (χ0) is 14.3. The normalized spacial score (nSPS) is 23.2. The molecule has 2 unspecified atom stereocenters. The molecule has 19 heavy (non-hydrogen) atoms. The maximum Gasteiger partial charge on any atom is 0.00978 e. The first-order valence-corrected chi connectivity index (χ1v) is 8.72. The third kappa shape index (κ3) is 6.29. The smallest absolute Gasteiger partial charge is 0.00978 e. The highest BCUT2D eigenvalue weighted by Gasteiger charge is 2.31. The highest BCUT2D eigenvalue weighted by molar-refractivity contribution is 4.86. The van der Waals surface area contributed by atoms with Gasteiger partial charge in [0, 0.05) is 6.04 Å². The first kappa shape index (κ1) is 17.0. The van der Waals surface area contributed by atoms with Gasteiger partial charge in [-0.25, -0.2) is 0 Å². The molecule has 114 valence electrons. The molecule has 0 amide bonds. The van der Waals surface area contributed by atoms with Crippen LogP contribution in [-0.2, 0) is 0 Å². The second kappa shape index (κ2) is 8.29. The lowest BCUT2D eigenvalue weighted by molar-refractivity contribution is 0.150. The molecule has 0 aliphatic heterocycles. The summed E-state index contributed by atoms with van der Waals surface area (Å²) in [7, 11) is 0. The van der Waals surface area contributed by atoms with Gasteiger partial charge in [-0.1, -0.05) is 47.5 Å². The maximum atomic E-state index is 3.86. The fourth-order valence-electron chi connectivity index (χ4n) is 3.64. The van der Waals surface area contributed by atoms with Gasteiger partial charge in [0.15, 0.2) is 0 Å². The van der Waals surface area contributed by atoms with Gasteiger partial charge < -0.3 is 5.32 Å². The molecule has 0 aromatic rings. The van der Waals surface area contributed by atoms with Gasteiger partial charge in [0.25, 0.3) is 0 Å². The molecule has 1 aliphatic carbocycles. The second-order valence-electron chi connectivity index (χ2n) is 7.69. The molecular formula is C18H37N. The van der Waals surface area contributed by atoms with Crippen LogP contribution in [-0.4, -0.2) is 12.6 Å². The van der Waals surface area contributed by atoms with Crippen molar-refractivity contribution < 1.29 is 0 Å². The predicted molar refractivity (Wildman–Crippen MR) is 86.5 cm³/mol. The van der Waals surface area contributed by atoms with Crippen molar-refractivity contribution in [1.82, 2.24) is 5.32 Å². The summed E-state index contributed by atoms with van der Waals surface area (Å²) in [5.41, 5.74) is 0.598. The molecule has 1 aliphatic rings. The zero-order valence-corrected chi connectivity index (χ0v) is 14.1. The molecule has 0 saturated heterocycles. The van der Waals surface area contributed by atoms with Crippen LogP contribution in [0.3, 0.4) is 0 Å². The van der Waals surface area contributed by atoms with Crippen molar-refractivity contribution in [1.29, 1.82) is 0 Å². The monoisotopic (exact) mass is 267 g/mol. The summed E-state index contributed by atoms with van der Waals surface area (Å²) < 4.78 is 0. The Hall–Kier alpha value is -0.0400. The molecule has 0 spiro atoms. The maximum absolute atomic E-state index is 3.86. The fourth-order valence-corrected chi connectivity index (χ4v) is 3.64. The highest BCUT2D eigenvalue weighted by atomic mass is 14.9. The molecule has 1 N–H and O–H groups in total. The lowest BCUT2D eigenvalue weighted by Crippen LogP contribution is -2.40. The first-order chi connectivity index (χ1) is 8.98. The van der Waals surface area contributed by atoms with E-state index in [4.69, 9.17) is 0 Å². The average molecular weight is 268 g/mol. The van der Waals surface area contributed by atoms with E-state index in [0.29, 0.717) is 5.41 Å². The Bertz CT molecular complexity index is 224. The largest absolute Gasteiger partial charge is 0.314 e. The Morgan fingerprint density at radius 3 is 2.26 bits per heavy atom. The van der Waals surface area contributed by atoms with Crippen LogP contribution in [0.15, 0.2) is 0 Å². The van der Waals surface area contributed by atoms with Crippen LogP contribution in [0.5, 0.6) is 0 Å². The molecule has 1 rings (SSSR count). The van der Waals surface area contributed by atoms with E-state index in [9.17, 15) is 0 Å². The van der Waals surface area contributed by atoms with Crippen molar-refractivity contribution >= 4 is 0 Å². The number of hydrogen-bond donors (Lipinski definition) is 1. The van der Waals surface area contributed by atoms with Gasteiger partial charge in [0.05, 0.1) is 0 Å². The SMILES string of the molecule is CCCNC(CC(C)CCC)C1CCC(C)(C)CC1. The van der Waals surface area contributed by atoms with Crippen molar-refractivity contribution in [2.75, 3.05) is 6.54 Å². The van der Waals surface area contributed by atoms with Crippen molar-refractivity contribution in [2.45, 2.75) is 92.0 Å². The minimum Gasteiger partial charge on any atom is -0.314 e. The van der Waals surface area contributed by atoms with Crippen LogP contribution in [0.25, 0.3) is 0 Å². The van der Waals surface area contributed by atoms with Crippen molar-refractivity contribution in [3.8, 4) is 0 Å². The third-order valence-corrected chi connectivity index (χ3v) is 5.05. The molecule has 1 heteroatoms. The topological polar surface area (TPSA) is 12.0 Å². The molecule has 0 radical (unpaired) electrons. The van der Waals surface area contributed by atoms with Crippen molar-refractivity contribution in [3.63, 3.8) is 0 Å². The summed E-state index contributed by atoms with van der Waals surface area (Å²) in [5, 5.41) is 3.86. The number of hydrogen-bond acceptors (Lipinski definition) is 1. The first-order valence-electron chi connectivity index (χ1n) is 8.72. The summed E-state index contributed by atoms with van der Waals surface area (Å²) in [4.78, 5) is 0. The van der Waals surface area contributed by atoms with E-state index < -0.39 is 0 Å². The van der Waals surface area contributed by atoms with Gasteiger partial charge in [-0.05, 0) is 62.3 Å². The van der Waals surface area contributed by atoms with Gasteiger partial charge in [0.2, 0.25) is 0 Å². The molecule has 0 aromatic carbocycles. The molecular weight excluding hydrogens is 230 g/mol. The molecule has 0 bridgehead atoms. The predicted octanol–water partition coefficient (Wildman–Crippen LogP) is 5.40. The Morgan fingerprint density at radius 2 is 1.74 bits per heavy atom. The number of rotatable bonds is 8. The van der Waals surface area contributed by atoms with Crippen LogP contribution in [0.2, 0.25) is 0 Å². The van der Waals surface area contributed by atoms with Crippen LogP contribution in [0, 0.1) is 17.3 Å². The van der Waals surface area contributed by atoms with Gasteiger partial charge in [-0.15, -0.1) is 0 Å². The minimum atomic E-state index is 0.598. The summed E-state index contributed by atoms with van der Waals surface area (Å²) in [6, 6.07) is 0.776. The van der Waals surface area contributed by atoms with Gasteiger partial charge >= 0.3 is 0 Å². The van der Waals surface area contributed by atoms with Gasteiger partial charge in [0.1, 0.15) is 0 Å². The van der Waals surface area contributed by atoms with Crippen LogP contribution in [0.1, 0.15) is 86.0 Å². The molecule has 0 aromatic heterocycles. The van der Waals surface area contributed by atoms with E-state index in [0.717, 1.165) is 17.9 Å². The standard InChI is InChI=1S/C18H37N/c1-6-8-15(3)14-17(19-13-7-2)16-9-11-18(4,5)12-10-16/h15-17,19H,6-14H2,1-5H3. The lowest BCUT2D eigenvalue weighted by atomic mass is 9.70. The Labute approximate surface area is 121 Å². The van der Waals surface area contributed by atoms with E-state index >= 15 is 0 Å². The Kier molecular flexibility index (Phi) is 7.42. The van der Waals surface area contributed by atoms with E-state index in [1.807, 2.05) is 0 Å². The number of nitrogens with one attached hydrogen (secondary N) is 1. The summed E-state index contributed by atoms with van der Waals surface area (Å²) in [5.74, 6) is 1.81. The molecule has 1 fully saturated rings. The van der Waals surface area contributed by atoms with Crippen molar-refractivity contribution in [2.24, 2.45) is 17.3 Å². The molecule has 1 nitrogen and oxygen atoms in total. The average Bonchev–Trinajstić information content (AvgIpc) is 2.35. The van der Waals surface area contributed by atoms with Gasteiger partial charge in [-0.3, -0.25) is 0 Å². The van der Waals surface area contributed by atoms with E-state index in [-0.39, 0.29) is 0 Å². The lowest BCUT2D eigenvalue weighted by Gasteiger charge is -2.39. The molecule has 2 atom stereocenters. The minimum absolute atomic E-state index is 0.598. The van der Waals surface area contributed by atoms with Gasteiger partial charge in [-0.2, -0.15) is 0 Å². The second-order valence-corrected chi connectivity index (χ2v) is 7.69. The third-order valence-electron chi connectivity index (χ3n) is 5.05. The summed E-state index contributed by atoms with van der Waals surface area (Å²) >= 11 is 0. The molecule has 1 saturated carbocycles. The summed E-state index contributed by atoms with van der Waals surface area (Å²) in [6.07, 6.45) is 11.1. The summed E-state index contributed by atoms with van der Waals surface area (Å²) in [6.45, 7) is 13.1. The van der Waals surface area contributed by atoms with Crippen molar-refractivity contribution in [3.05, 3.63) is 0 Å². The van der Waals surface area contributed by atoms with E-state index in [2.05, 4.69) is 39.9 Å². The van der Waals surface area contributed by atoms with Crippen LogP contribution >= 0.6 is 0 Å². The Balaban J connectivity index is 2.48. The van der Waals surface area contributed by atoms with Crippen LogP contribution < -0.4 is 5.32 Å².